The van der Waals surface area contributed by atoms with Gasteiger partial charge in [0.2, 0.25) is 0 Å². The highest BCUT2D eigenvalue weighted by atomic mass is 16.3. The van der Waals surface area contributed by atoms with Crippen LogP contribution in [0.2, 0.25) is 0 Å². The summed E-state index contributed by atoms with van der Waals surface area (Å²) in [5.41, 5.74) is 6.65. The Hall–Kier alpha value is -3.82. The van der Waals surface area contributed by atoms with E-state index in [1.165, 1.54) is 27.8 Å². The van der Waals surface area contributed by atoms with Gasteiger partial charge in [0.15, 0.2) is 0 Å². The zero-order valence-electron chi connectivity index (χ0n) is 18.8. The molecule has 0 amide bonds. The van der Waals surface area contributed by atoms with Crippen LogP contribution in [0.3, 0.4) is 0 Å². The molecule has 0 bridgehead atoms. The van der Waals surface area contributed by atoms with Crippen molar-refractivity contribution in [2.24, 2.45) is 0 Å². The largest absolute Gasteiger partial charge is 0.508 e. The molecular weight excluding hydrogens is 404 g/mol. The highest BCUT2D eigenvalue weighted by Crippen LogP contribution is 2.42. The van der Waals surface area contributed by atoms with Gasteiger partial charge in [0.25, 0.3) is 0 Å². The fourth-order valence-corrected chi connectivity index (χ4v) is 4.92. The molecule has 5 aromatic rings. The van der Waals surface area contributed by atoms with Crippen LogP contribution in [0.25, 0.3) is 10.9 Å². The number of hydrogen-bond donors (Lipinski definition) is 3. The Labute approximate surface area is 194 Å². The number of nitrogens with one attached hydrogen (secondary N) is 2. The van der Waals surface area contributed by atoms with Crippen molar-refractivity contribution in [1.29, 1.82) is 0 Å². The van der Waals surface area contributed by atoms with Crippen LogP contribution in [0.15, 0.2) is 109 Å². The van der Waals surface area contributed by atoms with Gasteiger partial charge in [0, 0.05) is 29.7 Å². The van der Waals surface area contributed by atoms with Crippen molar-refractivity contribution in [2.45, 2.75) is 18.9 Å². The maximum Gasteiger partial charge on any atom is 0.115 e. The molecule has 4 aromatic carbocycles. The molecule has 1 aromatic heterocycles. The molecule has 3 nitrogen and oxygen atoms in total. The summed E-state index contributed by atoms with van der Waals surface area (Å²) in [5.74, 6) is 0.270. The minimum Gasteiger partial charge on any atom is -0.508 e. The lowest BCUT2D eigenvalue weighted by molar-refractivity contribution is 0.473. The van der Waals surface area contributed by atoms with Crippen LogP contribution in [0.4, 0.5) is 0 Å². The quantitative estimate of drug-likeness (QED) is 0.282. The van der Waals surface area contributed by atoms with Crippen LogP contribution in [0.5, 0.6) is 5.75 Å². The van der Waals surface area contributed by atoms with Gasteiger partial charge in [-0.2, -0.15) is 0 Å². The molecule has 0 fully saturated rings. The van der Waals surface area contributed by atoms with Gasteiger partial charge in [-0.25, -0.2) is 0 Å². The van der Waals surface area contributed by atoms with Crippen LogP contribution in [0, 0.1) is 6.92 Å². The number of H-pyrrole nitrogens is 1. The van der Waals surface area contributed by atoms with E-state index in [-0.39, 0.29) is 5.75 Å². The minimum atomic E-state index is -0.465. The van der Waals surface area contributed by atoms with Crippen LogP contribution in [0.1, 0.15) is 27.9 Å². The third-order valence-electron chi connectivity index (χ3n) is 6.58. The molecule has 1 heterocycles. The van der Waals surface area contributed by atoms with E-state index in [0.29, 0.717) is 6.54 Å². The fourth-order valence-electron chi connectivity index (χ4n) is 4.92. The Balaban J connectivity index is 1.70. The van der Waals surface area contributed by atoms with Gasteiger partial charge in [0.05, 0.1) is 5.41 Å². The molecule has 0 aliphatic carbocycles. The number of hydrogen-bond acceptors (Lipinski definition) is 2. The number of fused-ring (bicyclic) bond motifs is 1. The van der Waals surface area contributed by atoms with E-state index in [1.807, 2.05) is 18.2 Å². The third-order valence-corrected chi connectivity index (χ3v) is 6.58. The summed E-state index contributed by atoms with van der Waals surface area (Å²) in [6, 6.07) is 37.2. The standard InChI is InChI=1S/C30H28N2O/c1-22-27-14-8-9-15-28(27)32-29(22)30(24-12-6-3-7-13-24,25-16-18-26(33)19-17-25)21-31-20-23-10-4-2-5-11-23/h2-19,31-33H,20-21H2,1H3/t30-/m1/s1. The van der Waals surface area contributed by atoms with Gasteiger partial charge in [-0.15, -0.1) is 0 Å². The summed E-state index contributed by atoms with van der Waals surface area (Å²) in [6.07, 6.45) is 0. The van der Waals surface area contributed by atoms with Crippen molar-refractivity contribution in [1.82, 2.24) is 10.3 Å². The summed E-state index contributed by atoms with van der Waals surface area (Å²) in [7, 11) is 0. The van der Waals surface area contributed by atoms with E-state index in [2.05, 4.69) is 96.1 Å². The second-order valence-corrected chi connectivity index (χ2v) is 8.58. The summed E-state index contributed by atoms with van der Waals surface area (Å²) in [5, 5.41) is 15.0. The minimum absolute atomic E-state index is 0.270. The van der Waals surface area contributed by atoms with Crippen LogP contribution < -0.4 is 5.32 Å². The molecule has 0 radical (unpaired) electrons. The molecule has 164 valence electrons. The number of phenols is 1. The van der Waals surface area contributed by atoms with Crippen molar-refractivity contribution in [3.05, 3.63) is 137 Å². The smallest absolute Gasteiger partial charge is 0.115 e. The lowest BCUT2D eigenvalue weighted by atomic mass is 9.70. The van der Waals surface area contributed by atoms with Crippen molar-refractivity contribution in [3.8, 4) is 5.75 Å². The number of phenolic OH excluding ortho intramolecular Hbond substituents is 1. The first-order valence-corrected chi connectivity index (χ1v) is 11.4. The van der Waals surface area contributed by atoms with Crippen LogP contribution in [-0.4, -0.2) is 16.6 Å². The second kappa shape index (κ2) is 8.97. The van der Waals surface area contributed by atoms with Gasteiger partial charge in [-0.05, 0) is 47.4 Å². The molecule has 5 rings (SSSR count). The van der Waals surface area contributed by atoms with Crippen molar-refractivity contribution in [3.63, 3.8) is 0 Å². The summed E-state index contributed by atoms with van der Waals surface area (Å²) >= 11 is 0. The first-order chi connectivity index (χ1) is 16.2. The number of benzene rings is 4. The maximum atomic E-state index is 10.0. The number of aromatic nitrogens is 1. The number of aryl methyl sites for hydroxylation is 1. The molecule has 3 heteroatoms. The first-order valence-electron chi connectivity index (χ1n) is 11.4. The number of rotatable bonds is 7. The van der Waals surface area contributed by atoms with E-state index >= 15 is 0 Å². The molecule has 33 heavy (non-hydrogen) atoms. The van der Waals surface area contributed by atoms with Gasteiger partial charge in [-0.3, -0.25) is 0 Å². The molecule has 3 N–H and O–H groups in total. The molecule has 0 saturated carbocycles. The van der Waals surface area contributed by atoms with Crippen molar-refractivity contribution < 1.29 is 5.11 Å². The second-order valence-electron chi connectivity index (χ2n) is 8.58. The van der Waals surface area contributed by atoms with Crippen molar-refractivity contribution in [2.75, 3.05) is 6.54 Å². The molecule has 0 aliphatic heterocycles. The number of aromatic hydroxyl groups is 1. The molecular formula is C30H28N2O. The Bertz CT molecular complexity index is 1340. The number of aromatic amines is 1. The van der Waals surface area contributed by atoms with Gasteiger partial charge in [-0.1, -0.05) is 91.0 Å². The average molecular weight is 433 g/mol. The predicted molar refractivity (Wildman–Crippen MR) is 136 cm³/mol. The fraction of sp³-hybridized carbons (Fsp3) is 0.133. The monoisotopic (exact) mass is 432 g/mol. The molecule has 0 aliphatic rings. The van der Waals surface area contributed by atoms with E-state index in [1.54, 1.807) is 12.1 Å². The Morgan fingerprint density at radius 2 is 1.33 bits per heavy atom. The highest BCUT2D eigenvalue weighted by Gasteiger charge is 2.39. The normalized spacial score (nSPS) is 13.1. The highest BCUT2D eigenvalue weighted by molar-refractivity contribution is 5.85. The summed E-state index contributed by atoms with van der Waals surface area (Å²) < 4.78 is 0. The van der Waals surface area contributed by atoms with Crippen molar-refractivity contribution >= 4 is 10.9 Å². The first kappa shape index (κ1) is 21.0. The number of para-hydroxylation sites is 1. The Morgan fingerprint density at radius 1 is 0.727 bits per heavy atom. The van der Waals surface area contributed by atoms with E-state index in [9.17, 15) is 5.11 Å². The van der Waals surface area contributed by atoms with E-state index < -0.39 is 5.41 Å². The zero-order valence-corrected chi connectivity index (χ0v) is 18.8. The van der Waals surface area contributed by atoms with E-state index in [0.717, 1.165) is 17.6 Å². The maximum absolute atomic E-state index is 10.0. The van der Waals surface area contributed by atoms with Gasteiger partial charge >= 0.3 is 0 Å². The average Bonchev–Trinajstić information content (AvgIpc) is 3.21. The SMILES string of the molecule is Cc1c([C@](CNCc2ccccc2)(c2ccccc2)c2ccc(O)cc2)[nH]c2ccccc12. The third kappa shape index (κ3) is 3.92. The summed E-state index contributed by atoms with van der Waals surface area (Å²) in [6.45, 7) is 3.67. The molecule has 0 saturated heterocycles. The van der Waals surface area contributed by atoms with Crippen LogP contribution in [-0.2, 0) is 12.0 Å². The summed E-state index contributed by atoms with van der Waals surface area (Å²) in [4.78, 5) is 3.76. The van der Waals surface area contributed by atoms with Crippen LogP contribution >= 0.6 is 0 Å². The Morgan fingerprint density at radius 3 is 2.03 bits per heavy atom. The van der Waals surface area contributed by atoms with Gasteiger partial charge < -0.3 is 15.4 Å². The molecule has 1 atom stereocenters. The lowest BCUT2D eigenvalue weighted by Gasteiger charge is -2.36. The lowest BCUT2D eigenvalue weighted by Crippen LogP contribution is -2.41. The van der Waals surface area contributed by atoms with Gasteiger partial charge in [0.1, 0.15) is 5.75 Å². The van der Waals surface area contributed by atoms with E-state index in [4.69, 9.17) is 0 Å². The topological polar surface area (TPSA) is 48.0 Å². The molecule has 0 unspecified atom stereocenters. The zero-order chi connectivity index (χ0) is 22.7. The Kier molecular flexibility index (Phi) is 5.72. The predicted octanol–water partition coefficient (Wildman–Crippen LogP) is 6.31. The molecule has 0 spiro atoms.